The summed E-state index contributed by atoms with van der Waals surface area (Å²) in [5, 5.41) is 7.89. The van der Waals surface area contributed by atoms with Gasteiger partial charge in [-0.25, -0.2) is 4.98 Å². The highest BCUT2D eigenvalue weighted by molar-refractivity contribution is 5.90. The van der Waals surface area contributed by atoms with E-state index in [0.29, 0.717) is 29.7 Å². The highest BCUT2D eigenvalue weighted by Crippen LogP contribution is 2.21. The number of hydrogen-bond donors (Lipinski definition) is 2. The molecule has 0 aliphatic heterocycles. The van der Waals surface area contributed by atoms with Crippen LogP contribution in [-0.4, -0.2) is 33.1 Å². The van der Waals surface area contributed by atoms with Crippen molar-refractivity contribution in [1.29, 1.82) is 0 Å². The third-order valence-corrected chi connectivity index (χ3v) is 4.08. The third kappa shape index (κ3) is 3.79. The van der Waals surface area contributed by atoms with Gasteiger partial charge in [0.05, 0.1) is 19.0 Å². The molecular formula is C19H17N5O3. The molecule has 0 atom stereocenters. The van der Waals surface area contributed by atoms with Crippen molar-refractivity contribution in [3.05, 3.63) is 54.7 Å². The molecule has 4 rings (SSSR count). The Labute approximate surface area is 154 Å². The molecule has 1 aromatic carbocycles. The number of aryl methyl sites for hydroxylation is 1. The van der Waals surface area contributed by atoms with Crippen molar-refractivity contribution < 1.29 is 14.1 Å². The molecule has 8 nitrogen and oxygen atoms in total. The molecule has 0 spiro atoms. The van der Waals surface area contributed by atoms with Crippen LogP contribution in [0.25, 0.3) is 22.3 Å². The second kappa shape index (κ2) is 7.28. The second-order valence-electron chi connectivity index (χ2n) is 5.93. The van der Waals surface area contributed by atoms with E-state index in [0.717, 1.165) is 16.5 Å². The van der Waals surface area contributed by atoms with Crippen LogP contribution in [-0.2, 0) is 11.2 Å². The van der Waals surface area contributed by atoms with Crippen LogP contribution in [0.15, 0.2) is 53.3 Å². The fourth-order valence-electron chi connectivity index (χ4n) is 2.68. The lowest BCUT2D eigenvalue weighted by Crippen LogP contribution is -2.12. The molecule has 0 fully saturated rings. The number of fused-ring (bicyclic) bond motifs is 1. The summed E-state index contributed by atoms with van der Waals surface area (Å²) in [6.07, 6.45) is 4.00. The molecular weight excluding hydrogens is 346 g/mol. The number of pyridine rings is 1. The Balaban J connectivity index is 1.36. The van der Waals surface area contributed by atoms with Crippen molar-refractivity contribution in [3.63, 3.8) is 0 Å². The number of aromatic nitrogens is 4. The number of anilines is 1. The van der Waals surface area contributed by atoms with Crippen LogP contribution < -0.4 is 10.1 Å². The summed E-state index contributed by atoms with van der Waals surface area (Å²) in [5.41, 5.74) is 2.46. The molecule has 136 valence electrons. The molecule has 0 bridgehead atoms. The van der Waals surface area contributed by atoms with Gasteiger partial charge in [-0.2, -0.15) is 4.98 Å². The lowest BCUT2D eigenvalue weighted by Gasteiger charge is -2.04. The van der Waals surface area contributed by atoms with Gasteiger partial charge in [-0.1, -0.05) is 17.3 Å². The first-order valence-electron chi connectivity index (χ1n) is 8.41. The summed E-state index contributed by atoms with van der Waals surface area (Å²) in [7, 11) is 1.54. The van der Waals surface area contributed by atoms with Gasteiger partial charge in [-0.15, -0.1) is 0 Å². The van der Waals surface area contributed by atoms with Gasteiger partial charge in [-0.05, 0) is 23.6 Å². The van der Waals surface area contributed by atoms with Crippen molar-refractivity contribution in [3.8, 4) is 17.3 Å². The van der Waals surface area contributed by atoms with E-state index in [1.54, 1.807) is 12.1 Å². The van der Waals surface area contributed by atoms with Gasteiger partial charge in [0.1, 0.15) is 0 Å². The smallest absolute Gasteiger partial charge is 0.227 e. The number of amides is 1. The maximum Gasteiger partial charge on any atom is 0.227 e. The molecule has 2 N–H and O–H groups in total. The average Bonchev–Trinajstić information content (AvgIpc) is 3.35. The molecule has 0 unspecified atom stereocenters. The molecule has 3 heterocycles. The van der Waals surface area contributed by atoms with Crippen molar-refractivity contribution in [2.24, 2.45) is 0 Å². The molecule has 0 radical (unpaired) electrons. The van der Waals surface area contributed by atoms with Crippen molar-refractivity contribution in [2.45, 2.75) is 12.8 Å². The van der Waals surface area contributed by atoms with Gasteiger partial charge in [-0.3, -0.25) is 4.79 Å². The largest absolute Gasteiger partial charge is 0.481 e. The lowest BCUT2D eigenvalue weighted by atomic mass is 10.1. The molecule has 27 heavy (non-hydrogen) atoms. The fraction of sp³-hybridized carbons (Fsp3) is 0.158. The third-order valence-electron chi connectivity index (χ3n) is 4.08. The SMILES string of the molecule is COc1ccc(NC(=O)CCc2nc(-c3ccc4cc[nH]c4c3)no2)cn1. The predicted octanol–water partition coefficient (Wildman–Crippen LogP) is 3.19. The van der Waals surface area contributed by atoms with Crippen LogP contribution in [0, 0.1) is 0 Å². The maximum absolute atomic E-state index is 12.1. The minimum Gasteiger partial charge on any atom is -0.481 e. The summed E-state index contributed by atoms with van der Waals surface area (Å²) < 4.78 is 10.2. The minimum atomic E-state index is -0.158. The molecule has 4 aromatic rings. The van der Waals surface area contributed by atoms with Gasteiger partial charge >= 0.3 is 0 Å². The Bertz CT molecular complexity index is 1070. The van der Waals surface area contributed by atoms with E-state index in [4.69, 9.17) is 9.26 Å². The van der Waals surface area contributed by atoms with E-state index in [-0.39, 0.29) is 12.3 Å². The van der Waals surface area contributed by atoms with Crippen LogP contribution >= 0.6 is 0 Å². The zero-order valence-electron chi connectivity index (χ0n) is 14.6. The first kappa shape index (κ1) is 16.8. The predicted molar refractivity (Wildman–Crippen MR) is 99.3 cm³/mol. The number of carbonyl (C=O) groups excluding carboxylic acids is 1. The van der Waals surface area contributed by atoms with Crippen LogP contribution in [0.3, 0.4) is 0 Å². The molecule has 0 saturated heterocycles. The fourth-order valence-corrected chi connectivity index (χ4v) is 2.68. The Morgan fingerprint density at radius 1 is 1.26 bits per heavy atom. The molecule has 8 heteroatoms. The highest BCUT2D eigenvalue weighted by Gasteiger charge is 2.12. The van der Waals surface area contributed by atoms with Crippen LogP contribution in [0.1, 0.15) is 12.3 Å². The zero-order valence-corrected chi connectivity index (χ0v) is 14.6. The number of aromatic amines is 1. The molecule has 0 aliphatic carbocycles. The van der Waals surface area contributed by atoms with E-state index in [1.165, 1.54) is 13.3 Å². The lowest BCUT2D eigenvalue weighted by molar-refractivity contribution is -0.116. The molecule has 3 aromatic heterocycles. The topological polar surface area (TPSA) is 106 Å². The van der Waals surface area contributed by atoms with Gasteiger partial charge < -0.3 is 19.6 Å². The first-order chi connectivity index (χ1) is 13.2. The standard InChI is InChI=1S/C19H17N5O3/c1-26-17-6-4-14(11-21-17)22-16(25)5-7-18-23-19(24-27-18)13-3-2-12-8-9-20-15(12)10-13/h2-4,6,8-11,20H,5,7H2,1H3,(H,22,25). The van der Waals surface area contributed by atoms with Crippen molar-refractivity contribution >= 4 is 22.5 Å². The quantitative estimate of drug-likeness (QED) is 0.545. The highest BCUT2D eigenvalue weighted by atomic mass is 16.5. The Morgan fingerprint density at radius 2 is 2.19 bits per heavy atom. The molecule has 0 aliphatic rings. The Hall–Kier alpha value is -3.68. The summed E-state index contributed by atoms with van der Waals surface area (Å²) in [6.45, 7) is 0. The number of benzene rings is 1. The van der Waals surface area contributed by atoms with E-state index in [9.17, 15) is 4.79 Å². The zero-order chi connectivity index (χ0) is 18.6. The van der Waals surface area contributed by atoms with Crippen LogP contribution in [0.4, 0.5) is 5.69 Å². The summed E-state index contributed by atoms with van der Waals surface area (Å²) in [6, 6.07) is 11.3. The van der Waals surface area contributed by atoms with Gasteiger partial charge in [0, 0.05) is 36.2 Å². The summed E-state index contributed by atoms with van der Waals surface area (Å²) >= 11 is 0. The Kier molecular flexibility index (Phi) is 4.52. The summed E-state index contributed by atoms with van der Waals surface area (Å²) in [4.78, 5) is 23.6. The Morgan fingerprint density at radius 3 is 3.00 bits per heavy atom. The molecule has 0 saturated carbocycles. The van der Waals surface area contributed by atoms with Crippen LogP contribution in [0.5, 0.6) is 5.88 Å². The van der Waals surface area contributed by atoms with Crippen molar-refractivity contribution in [2.75, 3.05) is 12.4 Å². The summed E-state index contributed by atoms with van der Waals surface area (Å²) in [5.74, 6) is 1.25. The number of nitrogens with zero attached hydrogens (tertiary/aromatic N) is 3. The van der Waals surface area contributed by atoms with Crippen LogP contribution in [0.2, 0.25) is 0 Å². The first-order valence-corrected chi connectivity index (χ1v) is 8.41. The number of methoxy groups -OCH3 is 1. The number of nitrogens with one attached hydrogen (secondary N) is 2. The average molecular weight is 363 g/mol. The molecule has 1 amide bonds. The monoisotopic (exact) mass is 363 g/mol. The number of H-pyrrole nitrogens is 1. The number of rotatable bonds is 6. The maximum atomic E-state index is 12.1. The number of hydrogen-bond acceptors (Lipinski definition) is 6. The second-order valence-corrected chi connectivity index (χ2v) is 5.93. The van der Waals surface area contributed by atoms with Gasteiger partial charge in [0.15, 0.2) is 0 Å². The minimum absolute atomic E-state index is 0.158. The number of carbonyl (C=O) groups is 1. The number of ether oxygens (including phenoxy) is 1. The van der Waals surface area contributed by atoms with Gasteiger partial charge in [0.25, 0.3) is 0 Å². The van der Waals surface area contributed by atoms with E-state index < -0.39 is 0 Å². The normalized spacial score (nSPS) is 10.9. The van der Waals surface area contributed by atoms with E-state index in [2.05, 4.69) is 25.4 Å². The van der Waals surface area contributed by atoms with E-state index >= 15 is 0 Å². The van der Waals surface area contributed by atoms with Crippen molar-refractivity contribution in [1.82, 2.24) is 20.1 Å². The van der Waals surface area contributed by atoms with Gasteiger partial charge in [0.2, 0.25) is 23.5 Å². The van der Waals surface area contributed by atoms with E-state index in [1.807, 2.05) is 30.5 Å².